The quantitative estimate of drug-likeness (QED) is 0.205. The van der Waals surface area contributed by atoms with E-state index in [-0.39, 0.29) is 70.4 Å². The number of rotatable bonds is 5. The summed E-state index contributed by atoms with van der Waals surface area (Å²) in [6, 6.07) is 5.08. The Labute approximate surface area is 261 Å². The minimum absolute atomic E-state index is 0.0155. The summed E-state index contributed by atoms with van der Waals surface area (Å²) >= 11 is 0. The Balaban J connectivity index is 1.28. The number of pyridine rings is 1. The monoisotopic (exact) mass is 635 g/mol. The molecular formula is C34H30F5N5O2. The molecule has 4 aliphatic rings. The number of anilines is 1. The number of hydrogen-bond acceptors (Lipinski definition) is 7. The van der Waals surface area contributed by atoms with Crippen molar-refractivity contribution in [3.05, 3.63) is 47.7 Å². The second-order valence-corrected chi connectivity index (χ2v) is 13.1. The summed E-state index contributed by atoms with van der Waals surface area (Å²) in [6.07, 6.45) is 8.70. The van der Waals surface area contributed by atoms with Gasteiger partial charge in [-0.05, 0) is 55.8 Å². The third-order valence-corrected chi connectivity index (χ3v) is 10.5. The lowest BCUT2D eigenvalue weighted by molar-refractivity contribution is -0.0830. The number of terminal acetylenes is 1. The highest BCUT2D eigenvalue weighted by Crippen LogP contribution is 2.50. The summed E-state index contributed by atoms with van der Waals surface area (Å²) in [5.41, 5.74) is -1.01. The maximum atomic E-state index is 16.7. The number of aromatic nitrogens is 3. The van der Waals surface area contributed by atoms with Gasteiger partial charge >= 0.3 is 6.01 Å². The lowest BCUT2D eigenvalue weighted by atomic mass is 9.93. The highest BCUT2D eigenvalue weighted by molar-refractivity contribution is 6.03. The van der Waals surface area contributed by atoms with Gasteiger partial charge in [0, 0.05) is 55.0 Å². The van der Waals surface area contributed by atoms with Crippen molar-refractivity contribution >= 4 is 27.5 Å². The predicted octanol–water partition coefficient (Wildman–Crippen LogP) is 6.25. The molecule has 2 bridgehead atoms. The van der Waals surface area contributed by atoms with Gasteiger partial charge in [-0.25, -0.2) is 22.0 Å². The van der Waals surface area contributed by atoms with E-state index in [0.29, 0.717) is 31.2 Å². The topological polar surface area (TPSA) is 74.6 Å². The second-order valence-electron chi connectivity index (χ2n) is 13.1. The molecule has 2 unspecified atom stereocenters. The van der Waals surface area contributed by atoms with Gasteiger partial charge in [-0.2, -0.15) is 9.97 Å². The lowest BCUT2D eigenvalue weighted by Gasteiger charge is -2.38. The molecule has 2 aromatic carbocycles. The van der Waals surface area contributed by atoms with Crippen molar-refractivity contribution in [2.45, 2.75) is 49.7 Å². The molecule has 1 aliphatic carbocycles. The molecule has 4 fully saturated rings. The van der Waals surface area contributed by atoms with Gasteiger partial charge in [-0.15, -0.1) is 6.42 Å². The average molecular weight is 636 g/mol. The average Bonchev–Trinajstić information content (AvgIpc) is 3.56. The van der Waals surface area contributed by atoms with Crippen molar-refractivity contribution in [2.75, 3.05) is 37.7 Å². The molecular weight excluding hydrogens is 605 g/mol. The Kier molecular flexibility index (Phi) is 6.59. The van der Waals surface area contributed by atoms with E-state index in [4.69, 9.17) is 11.2 Å². The smallest absolute Gasteiger partial charge is 0.319 e. The third-order valence-electron chi connectivity index (χ3n) is 10.5. The van der Waals surface area contributed by atoms with E-state index in [1.807, 2.05) is 0 Å². The van der Waals surface area contributed by atoms with E-state index in [0.717, 1.165) is 19.4 Å². The van der Waals surface area contributed by atoms with Crippen LogP contribution < -0.4 is 9.64 Å². The van der Waals surface area contributed by atoms with Crippen LogP contribution in [0.4, 0.5) is 27.8 Å². The molecule has 4 aromatic rings. The molecule has 0 spiro atoms. The number of aromatic hydroxyl groups is 1. The number of benzene rings is 2. The first kappa shape index (κ1) is 29.2. The van der Waals surface area contributed by atoms with Crippen LogP contribution in [0, 0.1) is 35.8 Å². The number of phenols is 1. The van der Waals surface area contributed by atoms with Crippen LogP contribution in [0.1, 0.15) is 37.7 Å². The fourth-order valence-corrected chi connectivity index (χ4v) is 8.24. The van der Waals surface area contributed by atoms with Crippen LogP contribution >= 0.6 is 0 Å². The number of hydrogen-bond donors (Lipinski definition) is 1. The molecule has 238 valence electrons. The van der Waals surface area contributed by atoms with Gasteiger partial charge < -0.3 is 14.7 Å². The minimum Gasteiger partial charge on any atom is -0.508 e. The Hall–Kier alpha value is -4.24. The number of phenolic OH excluding ortho intramolecular Hbond substituents is 1. The van der Waals surface area contributed by atoms with Crippen molar-refractivity contribution in [3.63, 3.8) is 0 Å². The Morgan fingerprint density at radius 1 is 1.09 bits per heavy atom. The van der Waals surface area contributed by atoms with E-state index in [1.54, 1.807) is 4.90 Å². The van der Waals surface area contributed by atoms with E-state index in [9.17, 15) is 22.7 Å². The Morgan fingerprint density at radius 3 is 2.63 bits per heavy atom. The van der Waals surface area contributed by atoms with Crippen molar-refractivity contribution in [1.82, 2.24) is 19.9 Å². The number of halogens is 5. The van der Waals surface area contributed by atoms with Crippen LogP contribution in [-0.4, -0.2) is 75.4 Å². The fourth-order valence-electron chi connectivity index (χ4n) is 8.24. The van der Waals surface area contributed by atoms with Crippen molar-refractivity contribution in [2.24, 2.45) is 11.8 Å². The zero-order chi connectivity index (χ0) is 32.0. The third kappa shape index (κ3) is 4.38. The summed E-state index contributed by atoms with van der Waals surface area (Å²) in [4.78, 5) is 17.2. The second kappa shape index (κ2) is 10.4. The first-order chi connectivity index (χ1) is 22.1. The van der Waals surface area contributed by atoms with Gasteiger partial charge in [0.2, 0.25) is 0 Å². The van der Waals surface area contributed by atoms with Crippen LogP contribution in [0.25, 0.3) is 32.9 Å². The maximum Gasteiger partial charge on any atom is 0.319 e. The number of piperidine rings is 1. The van der Waals surface area contributed by atoms with Crippen LogP contribution in [0.5, 0.6) is 11.8 Å². The molecule has 7 nitrogen and oxygen atoms in total. The molecule has 1 N–H and O–H groups in total. The summed E-state index contributed by atoms with van der Waals surface area (Å²) in [5.74, 6) is -3.82. The molecule has 4 atom stereocenters. The molecule has 0 amide bonds. The van der Waals surface area contributed by atoms with Gasteiger partial charge in [0.05, 0.1) is 16.5 Å². The summed E-state index contributed by atoms with van der Waals surface area (Å²) in [7, 11) is 0. The Bertz CT molecular complexity index is 1930. The van der Waals surface area contributed by atoms with Crippen molar-refractivity contribution < 1.29 is 31.8 Å². The molecule has 2 aromatic heterocycles. The number of alkyl halides is 3. The van der Waals surface area contributed by atoms with Gasteiger partial charge in [-0.3, -0.25) is 9.88 Å². The lowest BCUT2D eigenvalue weighted by Crippen LogP contribution is -2.49. The molecule has 46 heavy (non-hydrogen) atoms. The molecule has 8 rings (SSSR count). The molecule has 0 radical (unpaired) electrons. The zero-order valence-electron chi connectivity index (χ0n) is 24.7. The SMILES string of the molecule is C#Cc1c(F)ccc2cc(O)cc(-c3ncc4c(N5CC6CCC(C5)C6(F)F)nc(OC[C@@]56CCCN5C[C@H](F)C6)nc4c3F)c12. The predicted molar refractivity (Wildman–Crippen MR) is 162 cm³/mol. The standard InChI is InChI=1S/C34H30F5N5O2/c1-2-23-26(36)7-4-18-10-22(45)11-24(27(18)23)29-28(37)30-25(13-40-29)31(43-14-19-5-6-20(15-43)34(19,38)39)42-32(41-30)46-17-33-8-3-9-44(33)16-21(35)12-33/h1,4,7,10-11,13,19-21,45H,3,5-6,8-9,12,14-17H2/t19?,20?,21-,33+/m1/s1. The van der Waals surface area contributed by atoms with E-state index < -0.39 is 41.1 Å². The van der Waals surface area contributed by atoms with Crippen molar-refractivity contribution in [1.29, 1.82) is 0 Å². The molecule has 5 heterocycles. The van der Waals surface area contributed by atoms with Gasteiger partial charge in [-0.1, -0.05) is 12.0 Å². The fraction of sp³-hybridized carbons (Fsp3) is 0.441. The van der Waals surface area contributed by atoms with E-state index >= 15 is 4.39 Å². The number of ether oxygens (including phenoxy) is 1. The first-order valence-corrected chi connectivity index (χ1v) is 15.5. The normalized spacial score (nSPS) is 27.0. The van der Waals surface area contributed by atoms with Gasteiger partial charge in [0.15, 0.2) is 5.82 Å². The Morgan fingerprint density at radius 2 is 1.87 bits per heavy atom. The molecule has 1 saturated carbocycles. The summed E-state index contributed by atoms with van der Waals surface area (Å²) < 4.78 is 81.9. The first-order valence-electron chi connectivity index (χ1n) is 15.5. The van der Waals surface area contributed by atoms with Gasteiger partial charge in [0.1, 0.15) is 41.4 Å². The van der Waals surface area contributed by atoms with E-state index in [2.05, 4.69) is 25.8 Å². The molecule has 12 heteroatoms. The molecule has 3 saturated heterocycles. The summed E-state index contributed by atoms with van der Waals surface area (Å²) in [5, 5.41) is 11.3. The van der Waals surface area contributed by atoms with Crippen LogP contribution in [0.15, 0.2) is 30.5 Å². The highest BCUT2D eigenvalue weighted by Gasteiger charge is 2.56. The maximum absolute atomic E-state index is 16.7. The highest BCUT2D eigenvalue weighted by atomic mass is 19.3. The van der Waals surface area contributed by atoms with E-state index in [1.165, 1.54) is 30.5 Å². The number of nitrogens with zero attached hydrogens (tertiary/aromatic N) is 5. The number of fused-ring (bicyclic) bond motifs is 5. The largest absolute Gasteiger partial charge is 0.508 e. The minimum atomic E-state index is -2.80. The zero-order valence-corrected chi connectivity index (χ0v) is 24.7. The molecule has 3 aliphatic heterocycles. The van der Waals surface area contributed by atoms with Crippen LogP contribution in [0.3, 0.4) is 0 Å². The summed E-state index contributed by atoms with van der Waals surface area (Å²) in [6.45, 7) is 1.19. The van der Waals surface area contributed by atoms with Crippen LogP contribution in [0.2, 0.25) is 0 Å². The van der Waals surface area contributed by atoms with Gasteiger partial charge in [0.25, 0.3) is 5.92 Å². The van der Waals surface area contributed by atoms with Crippen LogP contribution in [-0.2, 0) is 0 Å². The van der Waals surface area contributed by atoms with Crippen molar-refractivity contribution in [3.8, 4) is 35.4 Å².